The first-order valence-corrected chi connectivity index (χ1v) is 8.30. The molecule has 24 heavy (non-hydrogen) atoms. The van der Waals surface area contributed by atoms with E-state index < -0.39 is 0 Å². The molecule has 1 aliphatic rings. The number of nitrogens with zero attached hydrogens (tertiary/aromatic N) is 5. The molecule has 3 heterocycles. The van der Waals surface area contributed by atoms with Crippen LogP contribution in [0.25, 0.3) is 0 Å². The van der Waals surface area contributed by atoms with E-state index in [1.54, 1.807) is 0 Å². The number of rotatable bonds is 3. The Bertz CT molecular complexity index is 677. The van der Waals surface area contributed by atoms with Gasteiger partial charge in [-0.3, -0.25) is 9.98 Å². The number of aromatic nitrogens is 2. The molecule has 0 aromatic carbocycles. The lowest BCUT2D eigenvalue weighted by Crippen LogP contribution is -2.52. The Hall–Kier alpha value is -2.63. The minimum absolute atomic E-state index is 0.689. The first kappa shape index (κ1) is 16.2. The summed E-state index contributed by atoms with van der Waals surface area (Å²) in [4.78, 5) is 18.0. The standard InChI is InChI=1S/C18H24N6/c1-15-6-5-7-16(22-15)14-21-18(19-2)24-12-10-23(11-13-24)17-8-3-4-9-20-17/h3-9H,10-14H2,1-2H3,(H,19,21). The summed E-state index contributed by atoms with van der Waals surface area (Å²) >= 11 is 0. The fourth-order valence-electron chi connectivity index (χ4n) is 2.89. The first-order chi connectivity index (χ1) is 11.8. The Morgan fingerprint density at radius 3 is 2.62 bits per heavy atom. The van der Waals surface area contributed by atoms with E-state index in [1.807, 2.05) is 50.5 Å². The fourth-order valence-corrected chi connectivity index (χ4v) is 2.89. The van der Waals surface area contributed by atoms with Crippen LogP contribution in [0.1, 0.15) is 11.4 Å². The third-order valence-electron chi connectivity index (χ3n) is 4.14. The van der Waals surface area contributed by atoms with E-state index in [9.17, 15) is 0 Å². The lowest BCUT2D eigenvalue weighted by atomic mass is 10.3. The van der Waals surface area contributed by atoms with Crippen LogP contribution in [0.15, 0.2) is 47.6 Å². The van der Waals surface area contributed by atoms with E-state index in [1.165, 1.54) is 0 Å². The molecule has 1 aliphatic heterocycles. The van der Waals surface area contributed by atoms with Gasteiger partial charge in [-0.2, -0.15) is 0 Å². The van der Waals surface area contributed by atoms with Crippen LogP contribution in [-0.4, -0.2) is 54.1 Å². The Labute approximate surface area is 143 Å². The molecule has 1 N–H and O–H groups in total. The zero-order valence-corrected chi connectivity index (χ0v) is 14.3. The number of hydrogen-bond acceptors (Lipinski definition) is 4. The molecule has 6 heteroatoms. The van der Waals surface area contributed by atoms with Gasteiger partial charge in [-0.25, -0.2) is 4.98 Å². The van der Waals surface area contributed by atoms with Gasteiger partial charge in [0.1, 0.15) is 5.82 Å². The third kappa shape index (κ3) is 4.01. The number of nitrogens with one attached hydrogen (secondary N) is 1. The van der Waals surface area contributed by atoms with E-state index >= 15 is 0 Å². The molecule has 1 saturated heterocycles. The van der Waals surface area contributed by atoms with Crippen molar-refractivity contribution in [1.82, 2.24) is 20.2 Å². The van der Waals surface area contributed by atoms with Gasteiger partial charge >= 0.3 is 0 Å². The summed E-state index contributed by atoms with van der Waals surface area (Å²) in [5.41, 5.74) is 2.07. The van der Waals surface area contributed by atoms with Crippen molar-refractivity contribution < 1.29 is 0 Å². The van der Waals surface area contributed by atoms with Crippen LogP contribution >= 0.6 is 0 Å². The van der Waals surface area contributed by atoms with Crippen molar-refractivity contribution in [2.24, 2.45) is 4.99 Å². The van der Waals surface area contributed by atoms with E-state index in [0.717, 1.165) is 49.3 Å². The average molecular weight is 324 g/mol. The number of guanidine groups is 1. The van der Waals surface area contributed by atoms with Gasteiger partial charge in [-0.05, 0) is 31.2 Å². The molecule has 2 aromatic rings. The van der Waals surface area contributed by atoms with Gasteiger partial charge in [0.05, 0.1) is 12.2 Å². The summed E-state index contributed by atoms with van der Waals surface area (Å²) < 4.78 is 0. The minimum atomic E-state index is 0.689. The predicted molar refractivity (Wildman–Crippen MR) is 97.2 cm³/mol. The molecule has 0 spiro atoms. The monoisotopic (exact) mass is 324 g/mol. The largest absolute Gasteiger partial charge is 0.353 e. The Balaban J connectivity index is 1.54. The summed E-state index contributed by atoms with van der Waals surface area (Å²) in [6, 6.07) is 12.1. The van der Waals surface area contributed by atoms with Gasteiger partial charge in [0.2, 0.25) is 0 Å². The van der Waals surface area contributed by atoms with Crippen LogP contribution in [-0.2, 0) is 6.54 Å². The van der Waals surface area contributed by atoms with Crippen LogP contribution in [0.5, 0.6) is 0 Å². The van der Waals surface area contributed by atoms with Crippen LogP contribution in [0.2, 0.25) is 0 Å². The van der Waals surface area contributed by atoms with Crippen molar-refractivity contribution >= 4 is 11.8 Å². The van der Waals surface area contributed by atoms with Gasteiger partial charge in [0.25, 0.3) is 0 Å². The summed E-state index contributed by atoms with van der Waals surface area (Å²) in [5, 5.41) is 3.42. The van der Waals surface area contributed by atoms with E-state index in [-0.39, 0.29) is 0 Å². The molecular weight excluding hydrogens is 300 g/mol. The molecule has 0 amide bonds. The quantitative estimate of drug-likeness (QED) is 0.688. The third-order valence-corrected chi connectivity index (χ3v) is 4.14. The second-order valence-corrected chi connectivity index (χ2v) is 5.83. The lowest BCUT2D eigenvalue weighted by molar-refractivity contribution is 0.371. The first-order valence-electron chi connectivity index (χ1n) is 8.30. The summed E-state index contributed by atoms with van der Waals surface area (Å²) in [6.07, 6.45) is 1.84. The van der Waals surface area contributed by atoms with Crippen molar-refractivity contribution in [2.75, 3.05) is 38.1 Å². The summed E-state index contributed by atoms with van der Waals surface area (Å²) in [7, 11) is 1.83. The second-order valence-electron chi connectivity index (χ2n) is 5.83. The SMILES string of the molecule is CN=C(NCc1cccc(C)n1)N1CCN(c2ccccn2)CC1. The highest BCUT2D eigenvalue weighted by molar-refractivity contribution is 5.80. The van der Waals surface area contributed by atoms with Gasteiger partial charge in [0.15, 0.2) is 5.96 Å². The molecule has 0 atom stereocenters. The molecule has 3 rings (SSSR count). The van der Waals surface area contributed by atoms with E-state index in [4.69, 9.17) is 0 Å². The highest BCUT2D eigenvalue weighted by Crippen LogP contribution is 2.12. The Kier molecular flexibility index (Phi) is 5.25. The highest BCUT2D eigenvalue weighted by atomic mass is 15.4. The topological polar surface area (TPSA) is 56.7 Å². The fraction of sp³-hybridized carbons (Fsp3) is 0.389. The van der Waals surface area contributed by atoms with Crippen LogP contribution in [0.4, 0.5) is 5.82 Å². The smallest absolute Gasteiger partial charge is 0.194 e. The number of aliphatic imine (C=N–C) groups is 1. The molecule has 0 aliphatic carbocycles. The number of pyridine rings is 2. The number of aryl methyl sites for hydroxylation is 1. The van der Waals surface area contributed by atoms with Crippen LogP contribution < -0.4 is 10.2 Å². The van der Waals surface area contributed by atoms with Crippen molar-refractivity contribution in [2.45, 2.75) is 13.5 Å². The Morgan fingerprint density at radius 1 is 1.12 bits per heavy atom. The maximum Gasteiger partial charge on any atom is 0.194 e. The minimum Gasteiger partial charge on any atom is -0.353 e. The normalized spacial score (nSPS) is 15.5. The lowest BCUT2D eigenvalue weighted by Gasteiger charge is -2.37. The van der Waals surface area contributed by atoms with Crippen molar-refractivity contribution in [3.05, 3.63) is 54.0 Å². The molecule has 0 unspecified atom stereocenters. The van der Waals surface area contributed by atoms with Gasteiger partial charge in [-0.15, -0.1) is 0 Å². The maximum atomic E-state index is 4.52. The maximum absolute atomic E-state index is 4.52. The molecule has 6 nitrogen and oxygen atoms in total. The number of hydrogen-bond donors (Lipinski definition) is 1. The van der Waals surface area contributed by atoms with Crippen LogP contribution in [0, 0.1) is 6.92 Å². The van der Waals surface area contributed by atoms with Crippen molar-refractivity contribution in [1.29, 1.82) is 0 Å². The van der Waals surface area contributed by atoms with Gasteiger partial charge < -0.3 is 15.1 Å². The van der Waals surface area contributed by atoms with E-state index in [2.05, 4.69) is 36.1 Å². The zero-order chi connectivity index (χ0) is 16.8. The predicted octanol–water partition coefficient (Wildman–Crippen LogP) is 1.68. The highest BCUT2D eigenvalue weighted by Gasteiger charge is 2.20. The molecule has 2 aromatic heterocycles. The van der Waals surface area contributed by atoms with Crippen molar-refractivity contribution in [3.63, 3.8) is 0 Å². The molecular formula is C18H24N6. The molecule has 0 saturated carbocycles. The molecule has 0 radical (unpaired) electrons. The van der Waals surface area contributed by atoms with Crippen LogP contribution in [0.3, 0.4) is 0 Å². The second kappa shape index (κ2) is 7.77. The summed E-state index contributed by atoms with van der Waals surface area (Å²) in [5.74, 6) is 1.98. The number of anilines is 1. The zero-order valence-electron chi connectivity index (χ0n) is 14.3. The Morgan fingerprint density at radius 2 is 1.96 bits per heavy atom. The van der Waals surface area contributed by atoms with Gasteiger partial charge in [-0.1, -0.05) is 12.1 Å². The molecule has 1 fully saturated rings. The molecule has 0 bridgehead atoms. The van der Waals surface area contributed by atoms with Crippen molar-refractivity contribution in [3.8, 4) is 0 Å². The van der Waals surface area contributed by atoms with Gasteiger partial charge in [0, 0.05) is 45.1 Å². The number of piperazine rings is 1. The average Bonchev–Trinajstić information content (AvgIpc) is 2.64. The molecule has 126 valence electrons. The van der Waals surface area contributed by atoms with E-state index in [0.29, 0.717) is 6.54 Å². The summed E-state index contributed by atoms with van der Waals surface area (Å²) in [6.45, 7) is 6.44.